The second kappa shape index (κ2) is 4.33. The van der Waals surface area contributed by atoms with Crippen molar-refractivity contribution in [2.75, 3.05) is 13.1 Å². The van der Waals surface area contributed by atoms with Crippen molar-refractivity contribution in [3.63, 3.8) is 0 Å². The predicted octanol–water partition coefficient (Wildman–Crippen LogP) is 2.22. The van der Waals surface area contributed by atoms with E-state index in [1.165, 1.54) is 4.88 Å². The molecule has 82 valence electrons. The molecule has 0 aliphatic carbocycles. The van der Waals surface area contributed by atoms with Gasteiger partial charge in [-0.25, -0.2) is 0 Å². The van der Waals surface area contributed by atoms with E-state index in [1.54, 1.807) is 11.3 Å². The summed E-state index contributed by atoms with van der Waals surface area (Å²) >= 11 is 1.75. The molecule has 1 unspecified atom stereocenters. The van der Waals surface area contributed by atoms with E-state index in [-0.39, 0.29) is 5.92 Å². The van der Waals surface area contributed by atoms with Crippen molar-refractivity contribution in [3.8, 4) is 0 Å². The summed E-state index contributed by atoms with van der Waals surface area (Å²) in [4.78, 5) is 14.3. The predicted molar refractivity (Wildman–Crippen MR) is 60.0 cm³/mol. The van der Waals surface area contributed by atoms with Crippen molar-refractivity contribution in [2.24, 2.45) is 5.92 Å². The van der Waals surface area contributed by atoms with Crippen LogP contribution in [0.2, 0.25) is 0 Å². The van der Waals surface area contributed by atoms with Gasteiger partial charge >= 0.3 is 5.97 Å². The molecule has 1 N–H and O–H groups in total. The third-order valence-corrected chi connectivity index (χ3v) is 3.93. The van der Waals surface area contributed by atoms with Gasteiger partial charge in [0.1, 0.15) is 0 Å². The van der Waals surface area contributed by atoms with Gasteiger partial charge in [0, 0.05) is 24.0 Å². The Morgan fingerprint density at radius 1 is 1.73 bits per heavy atom. The summed E-state index contributed by atoms with van der Waals surface area (Å²) in [5.41, 5.74) is 0. The average Bonchev–Trinajstić information content (AvgIpc) is 2.61. The van der Waals surface area contributed by atoms with Gasteiger partial charge in [-0.3, -0.25) is 9.69 Å². The summed E-state index contributed by atoms with van der Waals surface area (Å²) in [6.07, 6.45) is 1.05. The summed E-state index contributed by atoms with van der Waals surface area (Å²) in [7, 11) is 0. The van der Waals surface area contributed by atoms with Crippen molar-refractivity contribution >= 4 is 17.3 Å². The van der Waals surface area contributed by atoms with Gasteiger partial charge in [-0.05, 0) is 17.9 Å². The monoisotopic (exact) mass is 225 g/mol. The third-order valence-electron chi connectivity index (χ3n) is 2.96. The normalized spacial score (nSPS) is 19.8. The summed E-state index contributed by atoms with van der Waals surface area (Å²) in [6.45, 7) is 3.55. The topological polar surface area (TPSA) is 40.5 Å². The lowest BCUT2D eigenvalue weighted by Crippen LogP contribution is -2.51. The molecule has 3 nitrogen and oxygen atoms in total. The van der Waals surface area contributed by atoms with Crippen LogP contribution in [0, 0.1) is 5.92 Å². The summed E-state index contributed by atoms with van der Waals surface area (Å²) in [5, 5.41) is 10.9. The molecule has 0 spiro atoms. The van der Waals surface area contributed by atoms with E-state index in [1.807, 2.05) is 0 Å². The van der Waals surface area contributed by atoms with E-state index in [9.17, 15) is 4.79 Å². The van der Waals surface area contributed by atoms with Crippen molar-refractivity contribution in [3.05, 3.63) is 22.4 Å². The molecule has 15 heavy (non-hydrogen) atoms. The van der Waals surface area contributed by atoms with Crippen LogP contribution in [0.15, 0.2) is 17.5 Å². The maximum atomic E-state index is 10.7. The Morgan fingerprint density at radius 3 is 2.93 bits per heavy atom. The number of aliphatic carboxylic acids is 1. The Hall–Kier alpha value is -0.870. The fourth-order valence-corrected chi connectivity index (χ4v) is 2.99. The highest BCUT2D eigenvalue weighted by molar-refractivity contribution is 7.10. The molecule has 0 saturated carbocycles. The van der Waals surface area contributed by atoms with Crippen molar-refractivity contribution in [1.82, 2.24) is 4.90 Å². The minimum absolute atomic E-state index is 0.154. The molecule has 1 fully saturated rings. The standard InChI is InChI=1S/C11H15NO2S/c1-2-9(10-4-3-5-15-10)12-6-8(7-12)11(13)14/h3-5,8-9H,2,6-7H2,1H3,(H,13,14). The number of rotatable bonds is 4. The van der Waals surface area contributed by atoms with Gasteiger partial charge in [0.25, 0.3) is 0 Å². The largest absolute Gasteiger partial charge is 0.481 e. The van der Waals surface area contributed by atoms with Crippen LogP contribution in [0.4, 0.5) is 0 Å². The van der Waals surface area contributed by atoms with E-state index >= 15 is 0 Å². The number of hydrogen-bond donors (Lipinski definition) is 1. The molecule has 1 aliphatic rings. The summed E-state index contributed by atoms with van der Waals surface area (Å²) < 4.78 is 0. The molecule has 1 aromatic rings. The minimum atomic E-state index is -0.660. The second-order valence-corrected chi connectivity index (χ2v) is 4.91. The third kappa shape index (κ3) is 2.06. The van der Waals surface area contributed by atoms with Crippen molar-refractivity contribution < 1.29 is 9.90 Å². The first kappa shape index (κ1) is 10.6. The van der Waals surface area contributed by atoms with E-state index in [2.05, 4.69) is 29.3 Å². The number of nitrogens with zero attached hydrogens (tertiary/aromatic N) is 1. The van der Waals surface area contributed by atoms with Crippen LogP contribution in [-0.2, 0) is 4.79 Å². The van der Waals surface area contributed by atoms with Gasteiger partial charge in [0.15, 0.2) is 0 Å². The Bertz CT molecular complexity index is 330. The molecule has 0 bridgehead atoms. The molecule has 1 aromatic heterocycles. The molecular formula is C11H15NO2S. The van der Waals surface area contributed by atoms with E-state index in [0.717, 1.165) is 6.42 Å². The van der Waals surface area contributed by atoms with Gasteiger partial charge in [0.05, 0.1) is 5.92 Å². The zero-order valence-electron chi connectivity index (χ0n) is 8.72. The Kier molecular flexibility index (Phi) is 3.07. The molecule has 1 saturated heterocycles. The molecule has 0 radical (unpaired) electrons. The van der Waals surface area contributed by atoms with Crippen LogP contribution in [0.25, 0.3) is 0 Å². The SMILES string of the molecule is CCC(c1cccs1)N1CC(C(=O)O)C1. The smallest absolute Gasteiger partial charge is 0.309 e. The highest BCUT2D eigenvalue weighted by atomic mass is 32.1. The Labute approximate surface area is 93.3 Å². The average molecular weight is 225 g/mol. The molecule has 0 aromatic carbocycles. The van der Waals surface area contributed by atoms with Crippen LogP contribution < -0.4 is 0 Å². The lowest BCUT2D eigenvalue weighted by Gasteiger charge is -2.41. The maximum absolute atomic E-state index is 10.7. The van der Waals surface area contributed by atoms with E-state index in [0.29, 0.717) is 19.1 Å². The zero-order chi connectivity index (χ0) is 10.8. The number of carboxylic acids is 1. The highest BCUT2D eigenvalue weighted by Gasteiger charge is 2.36. The second-order valence-electron chi connectivity index (χ2n) is 3.93. The van der Waals surface area contributed by atoms with E-state index in [4.69, 9.17) is 5.11 Å². The van der Waals surface area contributed by atoms with Crippen LogP contribution in [0.3, 0.4) is 0 Å². The fraction of sp³-hybridized carbons (Fsp3) is 0.545. The van der Waals surface area contributed by atoms with E-state index < -0.39 is 5.97 Å². The fourth-order valence-electron chi connectivity index (χ4n) is 2.04. The quantitative estimate of drug-likeness (QED) is 0.854. The van der Waals surface area contributed by atoms with Gasteiger partial charge in [-0.15, -0.1) is 11.3 Å². The first-order valence-corrected chi connectivity index (χ1v) is 6.10. The van der Waals surface area contributed by atoms with Gasteiger partial charge < -0.3 is 5.11 Å². The first-order valence-electron chi connectivity index (χ1n) is 5.22. The molecule has 2 heterocycles. The number of hydrogen-bond acceptors (Lipinski definition) is 3. The molecular weight excluding hydrogens is 210 g/mol. The maximum Gasteiger partial charge on any atom is 0.309 e. The number of carbonyl (C=O) groups is 1. The Morgan fingerprint density at radius 2 is 2.47 bits per heavy atom. The molecule has 4 heteroatoms. The van der Waals surface area contributed by atoms with Crippen molar-refractivity contribution in [1.29, 1.82) is 0 Å². The van der Waals surface area contributed by atoms with Gasteiger partial charge in [0.2, 0.25) is 0 Å². The Balaban J connectivity index is 1.96. The van der Waals surface area contributed by atoms with Crippen molar-refractivity contribution in [2.45, 2.75) is 19.4 Å². The molecule has 2 rings (SSSR count). The number of carboxylic acid groups (broad SMARTS) is 1. The number of likely N-dealkylation sites (tertiary alicyclic amines) is 1. The van der Waals surface area contributed by atoms with Crippen LogP contribution >= 0.6 is 11.3 Å². The molecule has 1 aliphatic heterocycles. The van der Waals surface area contributed by atoms with Crippen LogP contribution in [0.1, 0.15) is 24.3 Å². The van der Waals surface area contributed by atoms with Gasteiger partial charge in [-0.1, -0.05) is 13.0 Å². The molecule has 0 amide bonds. The summed E-state index contributed by atoms with van der Waals surface area (Å²) in [5.74, 6) is -0.814. The lowest BCUT2D eigenvalue weighted by atomic mass is 9.96. The summed E-state index contributed by atoms with van der Waals surface area (Å²) in [6, 6.07) is 4.60. The molecule has 1 atom stereocenters. The first-order chi connectivity index (χ1) is 7.22. The highest BCUT2D eigenvalue weighted by Crippen LogP contribution is 2.33. The lowest BCUT2D eigenvalue weighted by molar-refractivity contribution is -0.148. The zero-order valence-corrected chi connectivity index (χ0v) is 9.54. The van der Waals surface area contributed by atoms with Gasteiger partial charge in [-0.2, -0.15) is 0 Å². The van der Waals surface area contributed by atoms with Crippen LogP contribution in [0.5, 0.6) is 0 Å². The number of thiophene rings is 1. The minimum Gasteiger partial charge on any atom is -0.481 e. The van der Waals surface area contributed by atoms with Crippen LogP contribution in [-0.4, -0.2) is 29.1 Å².